The number of benzene rings is 3. The van der Waals surface area contributed by atoms with Crippen molar-refractivity contribution in [2.24, 2.45) is 0 Å². The second-order valence-corrected chi connectivity index (χ2v) is 10.2. The fourth-order valence-electron chi connectivity index (χ4n) is 4.70. The average Bonchev–Trinajstić information content (AvgIpc) is 3.49. The lowest BCUT2D eigenvalue weighted by Crippen LogP contribution is -2.29. The maximum Gasteiger partial charge on any atom is 0.301 e. The summed E-state index contributed by atoms with van der Waals surface area (Å²) in [6.45, 7) is 0.769. The van der Waals surface area contributed by atoms with Gasteiger partial charge < -0.3 is 24.1 Å². The van der Waals surface area contributed by atoms with Gasteiger partial charge in [0.1, 0.15) is 19.0 Å². The summed E-state index contributed by atoms with van der Waals surface area (Å²) in [6.07, 6.45) is 0. The highest BCUT2D eigenvalue weighted by Crippen LogP contribution is 2.46. The zero-order chi connectivity index (χ0) is 27.3. The Hall–Kier alpha value is -4.28. The van der Waals surface area contributed by atoms with Crippen molar-refractivity contribution in [3.05, 3.63) is 76.3 Å². The van der Waals surface area contributed by atoms with Gasteiger partial charge in [-0.2, -0.15) is 0 Å². The molecule has 4 aromatic rings. The summed E-state index contributed by atoms with van der Waals surface area (Å²) in [6, 6.07) is 14.1. The Morgan fingerprint density at radius 3 is 2.54 bits per heavy atom. The highest BCUT2D eigenvalue weighted by molar-refractivity contribution is 7.22. The minimum Gasteiger partial charge on any atom is -0.507 e. The number of rotatable bonds is 5. The summed E-state index contributed by atoms with van der Waals surface area (Å²) in [5.74, 6) is -0.181. The van der Waals surface area contributed by atoms with Crippen molar-refractivity contribution < 1.29 is 33.6 Å². The number of methoxy groups -OCH3 is 2. The fraction of sp³-hybridized carbons (Fsp3) is 0.179. The molecule has 9 nitrogen and oxygen atoms in total. The number of Topliss-reactive ketones (excluding diaryl/α,β-unsaturated/α-hetero) is 1. The van der Waals surface area contributed by atoms with Crippen LogP contribution in [0.1, 0.15) is 17.2 Å². The molecule has 1 amide bonds. The number of fused-ring (bicyclic) bond motifs is 2. The number of hydrogen-bond donors (Lipinski definition) is 1. The van der Waals surface area contributed by atoms with Crippen molar-refractivity contribution in [2.45, 2.75) is 6.04 Å². The molecule has 1 atom stereocenters. The van der Waals surface area contributed by atoms with E-state index >= 15 is 0 Å². The van der Waals surface area contributed by atoms with Gasteiger partial charge in [0.15, 0.2) is 28.1 Å². The summed E-state index contributed by atoms with van der Waals surface area (Å²) in [5, 5.41) is 12.3. The number of nitrogens with zero attached hydrogens (tertiary/aromatic N) is 2. The van der Waals surface area contributed by atoms with Crippen LogP contribution in [0.15, 0.2) is 60.2 Å². The van der Waals surface area contributed by atoms with E-state index in [1.54, 1.807) is 54.6 Å². The molecule has 2 aliphatic heterocycles. The summed E-state index contributed by atoms with van der Waals surface area (Å²) in [5.41, 5.74) is 1.35. The normalized spacial score (nSPS) is 18.0. The van der Waals surface area contributed by atoms with Crippen molar-refractivity contribution in [3.8, 4) is 23.0 Å². The molecule has 2 aliphatic rings. The van der Waals surface area contributed by atoms with Crippen LogP contribution >= 0.6 is 22.9 Å². The number of hydrogen-bond acceptors (Lipinski definition) is 9. The van der Waals surface area contributed by atoms with E-state index in [1.165, 1.54) is 30.5 Å². The summed E-state index contributed by atoms with van der Waals surface area (Å²) in [7, 11) is 3.00. The van der Waals surface area contributed by atoms with E-state index in [-0.39, 0.29) is 16.5 Å². The van der Waals surface area contributed by atoms with Crippen molar-refractivity contribution in [1.82, 2.24) is 4.98 Å². The van der Waals surface area contributed by atoms with E-state index < -0.39 is 17.7 Å². The van der Waals surface area contributed by atoms with Crippen molar-refractivity contribution in [1.29, 1.82) is 0 Å². The van der Waals surface area contributed by atoms with Gasteiger partial charge in [0.05, 0.1) is 36.1 Å². The quantitative estimate of drug-likeness (QED) is 0.196. The smallest absolute Gasteiger partial charge is 0.301 e. The number of carbonyl (C=O) groups is 2. The van der Waals surface area contributed by atoms with Crippen molar-refractivity contribution in [3.63, 3.8) is 0 Å². The van der Waals surface area contributed by atoms with Crippen LogP contribution in [0, 0.1) is 0 Å². The van der Waals surface area contributed by atoms with E-state index in [0.717, 1.165) is 4.70 Å². The largest absolute Gasteiger partial charge is 0.507 e. The molecule has 6 rings (SSSR count). The second kappa shape index (κ2) is 9.79. The van der Waals surface area contributed by atoms with Gasteiger partial charge in [0.25, 0.3) is 5.78 Å². The SMILES string of the molecule is COc1ccc(C2/C(=C(\O)c3ccc4c(c3)OCCO4)C(=O)C(=O)N2c2nc3ccc(Cl)cc3s2)cc1OC. The number of ether oxygens (including phenoxy) is 4. The predicted octanol–water partition coefficient (Wildman–Crippen LogP) is 5.36. The topological polar surface area (TPSA) is 107 Å². The molecule has 1 N–H and O–H groups in total. The molecule has 1 aromatic heterocycles. The first-order valence-corrected chi connectivity index (χ1v) is 13.1. The third-order valence-electron chi connectivity index (χ3n) is 6.53. The van der Waals surface area contributed by atoms with Gasteiger partial charge in [-0.1, -0.05) is 29.0 Å². The van der Waals surface area contributed by atoms with E-state index in [2.05, 4.69) is 4.98 Å². The minimum absolute atomic E-state index is 0.0961. The minimum atomic E-state index is -1.01. The molecule has 0 radical (unpaired) electrons. The number of amides is 1. The number of aromatic nitrogens is 1. The van der Waals surface area contributed by atoms with Crippen LogP contribution in [-0.4, -0.2) is 49.2 Å². The van der Waals surface area contributed by atoms with Gasteiger partial charge in [0, 0.05) is 10.6 Å². The number of halogens is 1. The summed E-state index contributed by atoms with van der Waals surface area (Å²) in [4.78, 5) is 33.0. The first-order chi connectivity index (χ1) is 18.9. The van der Waals surface area contributed by atoms with Crippen molar-refractivity contribution in [2.75, 3.05) is 32.3 Å². The number of aliphatic hydroxyl groups is 1. The molecule has 1 saturated heterocycles. The van der Waals surface area contributed by atoms with Crippen LogP contribution < -0.4 is 23.8 Å². The molecule has 39 heavy (non-hydrogen) atoms. The van der Waals surface area contributed by atoms with Crippen LogP contribution in [0.3, 0.4) is 0 Å². The first-order valence-electron chi connectivity index (χ1n) is 11.9. The average molecular weight is 565 g/mol. The molecule has 0 saturated carbocycles. The molecule has 198 valence electrons. The van der Waals surface area contributed by atoms with Crippen LogP contribution in [0.5, 0.6) is 23.0 Å². The molecule has 3 aromatic carbocycles. The van der Waals surface area contributed by atoms with E-state index in [4.69, 9.17) is 30.5 Å². The first kappa shape index (κ1) is 25.0. The Morgan fingerprint density at radius 2 is 1.77 bits per heavy atom. The summed E-state index contributed by atoms with van der Waals surface area (Å²) < 4.78 is 22.8. The van der Waals surface area contributed by atoms with Crippen LogP contribution in [0.2, 0.25) is 5.02 Å². The van der Waals surface area contributed by atoms with Gasteiger partial charge in [0.2, 0.25) is 0 Å². The molecular weight excluding hydrogens is 544 g/mol. The maximum absolute atomic E-state index is 13.6. The van der Waals surface area contributed by atoms with Gasteiger partial charge in [-0.15, -0.1) is 0 Å². The number of thiazole rings is 1. The zero-order valence-electron chi connectivity index (χ0n) is 20.8. The fourth-order valence-corrected chi connectivity index (χ4v) is 5.97. The molecule has 0 aliphatic carbocycles. The Kier molecular flexibility index (Phi) is 6.28. The van der Waals surface area contributed by atoms with Crippen LogP contribution in [0.25, 0.3) is 16.0 Å². The standard InChI is InChI=1S/C28H21ClN2O7S/c1-35-18-7-3-14(11-20(18)36-2)24-23(25(32)15-4-8-19-21(12-15)38-10-9-37-19)26(33)27(34)31(24)28-30-17-6-5-16(29)13-22(17)39-28/h3-8,11-13,24,32H,9-10H2,1-2H3/b25-23+. The highest BCUT2D eigenvalue weighted by Gasteiger charge is 2.48. The Balaban J connectivity index is 1.56. The van der Waals surface area contributed by atoms with Gasteiger partial charge in [-0.05, 0) is 54.1 Å². The molecule has 3 heterocycles. The van der Waals surface area contributed by atoms with E-state index in [1.807, 2.05) is 0 Å². The van der Waals surface area contributed by atoms with Crippen LogP contribution in [-0.2, 0) is 9.59 Å². The Labute approximate surface area is 231 Å². The molecular formula is C28H21ClN2O7S. The molecule has 11 heteroatoms. The maximum atomic E-state index is 13.6. The Morgan fingerprint density at radius 1 is 1.00 bits per heavy atom. The van der Waals surface area contributed by atoms with E-state index in [9.17, 15) is 14.7 Å². The van der Waals surface area contributed by atoms with Gasteiger partial charge in [-0.25, -0.2) is 4.98 Å². The molecule has 0 bridgehead atoms. The van der Waals surface area contributed by atoms with Gasteiger partial charge in [-0.3, -0.25) is 14.5 Å². The molecule has 1 fully saturated rings. The van der Waals surface area contributed by atoms with Crippen molar-refractivity contribution >= 4 is 55.7 Å². The monoisotopic (exact) mass is 564 g/mol. The highest BCUT2D eigenvalue weighted by atomic mass is 35.5. The number of aliphatic hydroxyl groups excluding tert-OH is 1. The lowest BCUT2D eigenvalue weighted by Gasteiger charge is -2.24. The molecule has 1 unspecified atom stereocenters. The zero-order valence-corrected chi connectivity index (χ0v) is 22.3. The van der Waals surface area contributed by atoms with Crippen LogP contribution in [0.4, 0.5) is 5.13 Å². The lowest BCUT2D eigenvalue weighted by atomic mass is 9.95. The van der Waals surface area contributed by atoms with Gasteiger partial charge >= 0.3 is 5.91 Å². The summed E-state index contributed by atoms with van der Waals surface area (Å²) >= 11 is 7.39. The van der Waals surface area contributed by atoms with E-state index in [0.29, 0.717) is 57.9 Å². The second-order valence-electron chi connectivity index (χ2n) is 8.75. The predicted molar refractivity (Wildman–Crippen MR) is 146 cm³/mol. The number of anilines is 1. The third-order valence-corrected chi connectivity index (χ3v) is 7.78. The Bertz CT molecular complexity index is 1680. The third kappa shape index (κ3) is 4.21. The lowest BCUT2D eigenvalue weighted by molar-refractivity contribution is -0.132. The number of carbonyl (C=O) groups excluding carboxylic acids is 2. The molecule has 0 spiro atoms. The number of ketones is 1.